The molecule has 142 valence electrons. The first-order valence-corrected chi connectivity index (χ1v) is 9.61. The maximum absolute atomic E-state index is 10.4. The van der Waals surface area contributed by atoms with Gasteiger partial charge in [-0.25, -0.2) is 0 Å². The van der Waals surface area contributed by atoms with Gasteiger partial charge in [-0.3, -0.25) is 0 Å². The standard InChI is InChI=1S/C20H32O5.Na/c1-2-3-4-7-14(21)10-11-16-17-12-15(8-5-6-9-20(23)24)25-19(17)13-18(16)22;/h8,10-11,14,16-19,21-22H,2-7,9,12-13H2,1H3,(H,23,24);/q;+1/p-1/b11-10+,15-8+;/t14-,16+,17+,18?,19-;/m0./s1. The molecular weight excluding hydrogens is 343 g/mol. The SMILES string of the molecule is CCCCC[C@H](O)/C=C/[C@H]1C(O)C[C@@H]2O/C(=C/CCCC(=O)[O-])C[C@@H]21.[Na+]. The van der Waals surface area contributed by atoms with Gasteiger partial charge < -0.3 is 24.9 Å². The molecule has 1 heterocycles. The summed E-state index contributed by atoms with van der Waals surface area (Å²) in [6, 6.07) is 0. The molecule has 2 aliphatic rings. The zero-order valence-electron chi connectivity index (χ0n) is 16.1. The summed E-state index contributed by atoms with van der Waals surface area (Å²) in [5.41, 5.74) is 0. The van der Waals surface area contributed by atoms with Gasteiger partial charge in [0.1, 0.15) is 6.10 Å². The molecule has 1 unspecified atom stereocenters. The van der Waals surface area contributed by atoms with Crippen molar-refractivity contribution in [3.05, 3.63) is 24.0 Å². The molecular formula is C20H31NaO5. The second kappa shape index (κ2) is 12.2. The van der Waals surface area contributed by atoms with E-state index in [4.69, 9.17) is 4.74 Å². The van der Waals surface area contributed by atoms with E-state index >= 15 is 0 Å². The molecule has 0 aromatic rings. The van der Waals surface area contributed by atoms with Crippen molar-refractivity contribution in [1.82, 2.24) is 0 Å². The molecule has 0 amide bonds. The maximum atomic E-state index is 10.4. The molecule has 1 saturated carbocycles. The van der Waals surface area contributed by atoms with E-state index < -0.39 is 18.2 Å². The van der Waals surface area contributed by atoms with Crippen LogP contribution in [0.15, 0.2) is 24.0 Å². The van der Waals surface area contributed by atoms with Crippen molar-refractivity contribution in [3.63, 3.8) is 0 Å². The Kier molecular flexibility index (Phi) is 11.1. The van der Waals surface area contributed by atoms with E-state index in [9.17, 15) is 20.1 Å². The van der Waals surface area contributed by atoms with E-state index in [1.807, 2.05) is 18.2 Å². The first-order chi connectivity index (χ1) is 12.0. The maximum Gasteiger partial charge on any atom is 1.00 e. The molecule has 2 N–H and O–H groups in total. The first-order valence-electron chi connectivity index (χ1n) is 9.61. The van der Waals surface area contributed by atoms with E-state index in [2.05, 4.69) is 6.92 Å². The van der Waals surface area contributed by atoms with Gasteiger partial charge in [-0.2, -0.15) is 0 Å². The Morgan fingerprint density at radius 1 is 1.38 bits per heavy atom. The van der Waals surface area contributed by atoms with Crippen molar-refractivity contribution in [3.8, 4) is 0 Å². The quantitative estimate of drug-likeness (QED) is 0.293. The second-order valence-electron chi connectivity index (χ2n) is 7.29. The van der Waals surface area contributed by atoms with Crippen LogP contribution in [0.4, 0.5) is 0 Å². The molecule has 2 rings (SSSR count). The van der Waals surface area contributed by atoms with Gasteiger partial charge >= 0.3 is 29.6 Å². The Bertz CT molecular complexity index is 491. The van der Waals surface area contributed by atoms with Crippen molar-refractivity contribution in [1.29, 1.82) is 0 Å². The number of carbonyl (C=O) groups excluding carboxylic acids is 1. The number of rotatable bonds is 10. The molecule has 6 heteroatoms. The first kappa shape index (κ1) is 23.7. The average molecular weight is 374 g/mol. The number of carbonyl (C=O) groups is 1. The normalized spacial score (nSPS) is 30.2. The third-order valence-corrected chi connectivity index (χ3v) is 5.25. The summed E-state index contributed by atoms with van der Waals surface area (Å²) in [6.45, 7) is 2.14. The van der Waals surface area contributed by atoms with E-state index in [1.54, 1.807) is 0 Å². The molecule has 1 aliphatic heterocycles. The van der Waals surface area contributed by atoms with Gasteiger partial charge in [0.05, 0.1) is 18.0 Å². The largest absolute Gasteiger partial charge is 1.00 e. The number of carboxylic acid groups (broad SMARTS) is 1. The van der Waals surface area contributed by atoms with E-state index in [0.717, 1.165) is 37.9 Å². The van der Waals surface area contributed by atoms with Crippen molar-refractivity contribution in [2.75, 3.05) is 0 Å². The molecule has 1 saturated heterocycles. The number of hydrogen-bond donors (Lipinski definition) is 2. The third-order valence-electron chi connectivity index (χ3n) is 5.25. The Labute approximate surface area is 178 Å². The van der Waals surface area contributed by atoms with Gasteiger partial charge in [-0.15, -0.1) is 0 Å². The van der Waals surface area contributed by atoms with Gasteiger partial charge in [-0.1, -0.05) is 38.3 Å². The van der Waals surface area contributed by atoms with Crippen LogP contribution in [0.5, 0.6) is 0 Å². The Balaban J connectivity index is 0.00000338. The topological polar surface area (TPSA) is 89.8 Å². The van der Waals surface area contributed by atoms with Gasteiger partial charge in [0.15, 0.2) is 0 Å². The van der Waals surface area contributed by atoms with Gasteiger partial charge in [-0.05, 0) is 31.8 Å². The van der Waals surface area contributed by atoms with Crippen LogP contribution in [0.2, 0.25) is 0 Å². The monoisotopic (exact) mass is 374 g/mol. The Hall–Kier alpha value is -0.330. The van der Waals surface area contributed by atoms with Crippen LogP contribution in [-0.4, -0.2) is 34.5 Å². The number of unbranched alkanes of at least 4 members (excludes halogenated alkanes) is 3. The summed E-state index contributed by atoms with van der Waals surface area (Å²) >= 11 is 0. The number of allylic oxidation sites excluding steroid dienone is 2. The molecule has 0 bridgehead atoms. The molecule has 0 aromatic heterocycles. The molecule has 0 spiro atoms. The zero-order chi connectivity index (χ0) is 18.2. The fourth-order valence-corrected chi connectivity index (χ4v) is 3.85. The van der Waals surface area contributed by atoms with Crippen molar-refractivity contribution in [2.24, 2.45) is 11.8 Å². The molecule has 26 heavy (non-hydrogen) atoms. The second-order valence-corrected chi connectivity index (χ2v) is 7.29. The predicted molar refractivity (Wildman–Crippen MR) is 93.3 cm³/mol. The smallest absolute Gasteiger partial charge is 0.550 e. The summed E-state index contributed by atoms with van der Waals surface area (Å²) in [4.78, 5) is 10.4. The Morgan fingerprint density at radius 2 is 2.15 bits per heavy atom. The number of hydrogen-bond acceptors (Lipinski definition) is 5. The van der Waals surface area contributed by atoms with E-state index in [1.165, 1.54) is 0 Å². The number of aliphatic carboxylic acids is 1. The van der Waals surface area contributed by atoms with Crippen molar-refractivity contribution in [2.45, 2.75) is 83.0 Å². The summed E-state index contributed by atoms with van der Waals surface area (Å²) in [6.07, 6.45) is 11.6. The third kappa shape index (κ3) is 7.35. The minimum absolute atomic E-state index is 0. The van der Waals surface area contributed by atoms with Gasteiger partial charge in [0.2, 0.25) is 0 Å². The number of fused-ring (bicyclic) bond motifs is 1. The number of aliphatic hydroxyl groups excluding tert-OH is 2. The van der Waals surface area contributed by atoms with Crippen LogP contribution in [0.1, 0.15) is 64.7 Å². The molecule has 5 atom stereocenters. The van der Waals surface area contributed by atoms with E-state index in [0.29, 0.717) is 19.3 Å². The van der Waals surface area contributed by atoms with E-state index in [-0.39, 0.29) is 53.9 Å². The zero-order valence-corrected chi connectivity index (χ0v) is 18.1. The minimum Gasteiger partial charge on any atom is -0.550 e. The summed E-state index contributed by atoms with van der Waals surface area (Å²) < 4.78 is 5.92. The van der Waals surface area contributed by atoms with Crippen LogP contribution in [0.25, 0.3) is 0 Å². The predicted octanol–water partition coefficient (Wildman–Crippen LogP) is -0.922. The summed E-state index contributed by atoms with van der Waals surface area (Å²) in [5, 5.41) is 30.7. The van der Waals surface area contributed by atoms with Crippen LogP contribution >= 0.6 is 0 Å². The van der Waals surface area contributed by atoms with Crippen LogP contribution in [-0.2, 0) is 9.53 Å². The average Bonchev–Trinajstić information content (AvgIpc) is 3.06. The summed E-state index contributed by atoms with van der Waals surface area (Å²) in [5.74, 6) is 0.136. The molecule has 2 fully saturated rings. The Morgan fingerprint density at radius 3 is 2.85 bits per heavy atom. The van der Waals surface area contributed by atoms with Gasteiger partial charge in [0.25, 0.3) is 0 Å². The molecule has 0 aromatic carbocycles. The van der Waals surface area contributed by atoms with Crippen LogP contribution in [0, 0.1) is 11.8 Å². The van der Waals surface area contributed by atoms with Crippen LogP contribution < -0.4 is 34.7 Å². The molecule has 1 aliphatic carbocycles. The fraction of sp³-hybridized carbons (Fsp3) is 0.750. The number of carboxylic acids is 1. The minimum atomic E-state index is -1.02. The molecule has 0 radical (unpaired) electrons. The number of aliphatic hydroxyl groups is 2. The number of ether oxygens (including phenoxy) is 1. The van der Waals surface area contributed by atoms with Gasteiger partial charge in [0, 0.05) is 30.6 Å². The molecule has 5 nitrogen and oxygen atoms in total. The fourth-order valence-electron chi connectivity index (χ4n) is 3.85. The summed E-state index contributed by atoms with van der Waals surface area (Å²) in [7, 11) is 0. The van der Waals surface area contributed by atoms with Crippen molar-refractivity contribution < 1.29 is 54.4 Å². The van der Waals surface area contributed by atoms with Crippen molar-refractivity contribution >= 4 is 5.97 Å². The van der Waals surface area contributed by atoms with Crippen LogP contribution in [0.3, 0.4) is 0 Å².